The standard InChI is InChI=1S/C44H85NO6/c1-4-7-10-12-15-22-29-42(30-23-16-13-11-8-5-2)51-43(47)31-24-17-14-18-25-32-45(34-35-46)33-26-19-20-27-36-49-44(48)50-39-41-37-40(38-41)28-21-9-6-3/h40-42,46H,4-39H2,1-3H3. The zero-order valence-electron chi connectivity index (χ0n) is 34.1. The van der Waals surface area contributed by atoms with Crippen molar-refractivity contribution in [3.63, 3.8) is 0 Å². The van der Waals surface area contributed by atoms with E-state index in [9.17, 15) is 14.7 Å². The minimum Gasteiger partial charge on any atom is -0.462 e. The van der Waals surface area contributed by atoms with Crippen LogP contribution < -0.4 is 0 Å². The van der Waals surface area contributed by atoms with E-state index in [2.05, 4.69) is 25.7 Å². The summed E-state index contributed by atoms with van der Waals surface area (Å²) in [7, 11) is 0. The van der Waals surface area contributed by atoms with E-state index in [1.165, 1.54) is 116 Å². The molecule has 302 valence electrons. The summed E-state index contributed by atoms with van der Waals surface area (Å²) in [4.78, 5) is 27.0. The Labute approximate surface area is 316 Å². The fourth-order valence-electron chi connectivity index (χ4n) is 7.53. The molecule has 1 rings (SSSR count). The number of aliphatic hydroxyl groups excluding tert-OH is 1. The number of aliphatic hydroxyl groups is 1. The summed E-state index contributed by atoms with van der Waals surface area (Å²) in [6.45, 7) is 10.6. The SMILES string of the molecule is CCCCCCCCC(CCCCCCCC)OC(=O)CCCCCCCN(CCO)CCCCCCOC(=O)OCC1CC(CCCCC)C1. The summed E-state index contributed by atoms with van der Waals surface area (Å²) in [5, 5.41) is 9.54. The highest BCUT2D eigenvalue weighted by Crippen LogP contribution is 2.37. The van der Waals surface area contributed by atoms with Gasteiger partial charge in [0.25, 0.3) is 0 Å². The van der Waals surface area contributed by atoms with Gasteiger partial charge in [0.15, 0.2) is 0 Å². The smallest absolute Gasteiger partial charge is 0.462 e. The summed E-state index contributed by atoms with van der Waals surface area (Å²) in [5.74, 6) is 1.37. The third kappa shape index (κ3) is 29.8. The van der Waals surface area contributed by atoms with Crippen molar-refractivity contribution in [1.29, 1.82) is 0 Å². The second kappa shape index (κ2) is 35.7. The van der Waals surface area contributed by atoms with Gasteiger partial charge in [0.2, 0.25) is 0 Å². The van der Waals surface area contributed by atoms with Gasteiger partial charge in [-0.1, -0.05) is 143 Å². The van der Waals surface area contributed by atoms with Gasteiger partial charge in [-0.3, -0.25) is 4.79 Å². The van der Waals surface area contributed by atoms with Gasteiger partial charge in [0, 0.05) is 13.0 Å². The molecule has 0 aliphatic heterocycles. The van der Waals surface area contributed by atoms with E-state index in [0.717, 1.165) is 96.2 Å². The van der Waals surface area contributed by atoms with Gasteiger partial charge in [-0.05, 0) is 89.1 Å². The number of hydrogen-bond donors (Lipinski definition) is 1. The molecule has 0 bridgehead atoms. The van der Waals surface area contributed by atoms with Gasteiger partial charge >= 0.3 is 12.1 Å². The third-order valence-corrected chi connectivity index (χ3v) is 10.9. The summed E-state index contributed by atoms with van der Waals surface area (Å²) >= 11 is 0. The molecule has 1 saturated carbocycles. The minimum atomic E-state index is -0.510. The molecule has 1 fully saturated rings. The number of hydrogen-bond acceptors (Lipinski definition) is 7. The lowest BCUT2D eigenvalue weighted by molar-refractivity contribution is -0.150. The molecule has 0 heterocycles. The molecule has 7 nitrogen and oxygen atoms in total. The van der Waals surface area contributed by atoms with Crippen molar-refractivity contribution in [3.8, 4) is 0 Å². The number of carbonyl (C=O) groups is 2. The Morgan fingerprint density at radius 2 is 1.10 bits per heavy atom. The molecule has 0 aromatic heterocycles. The van der Waals surface area contributed by atoms with Gasteiger partial charge in [-0.25, -0.2) is 4.79 Å². The fourth-order valence-corrected chi connectivity index (χ4v) is 7.53. The number of esters is 1. The van der Waals surface area contributed by atoms with E-state index in [-0.39, 0.29) is 18.7 Å². The Balaban J connectivity index is 2.07. The average molecular weight is 724 g/mol. The molecule has 1 N–H and O–H groups in total. The van der Waals surface area contributed by atoms with Crippen LogP contribution in [0.4, 0.5) is 4.79 Å². The Hall–Kier alpha value is -1.34. The highest BCUT2D eigenvalue weighted by molar-refractivity contribution is 5.69. The van der Waals surface area contributed by atoms with Crippen molar-refractivity contribution >= 4 is 12.1 Å². The molecule has 0 saturated heterocycles. The van der Waals surface area contributed by atoms with Crippen LogP contribution in [0.3, 0.4) is 0 Å². The van der Waals surface area contributed by atoms with Crippen molar-refractivity contribution in [1.82, 2.24) is 4.90 Å². The molecule has 0 radical (unpaired) electrons. The molecular formula is C44H85NO6. The highest BCUT2D eigenvalue weighted by Gasteiger charge is 2.29. The zero-order valence-corrected chi connectivity index (χ0v) is 34.1. The average Bonchev–Trinajstić information content (AvgIpc) is 3.10. The van der Waals surface area contributed by atoms with Gasteiger partial charge in [-0.15, -0.1) is 0 Å². The molecule has 1 aliphatic rings. The monoisotopic (exact) mass is 724 g/mol. The van der Waals surface area contributed by atoms with Crippen LogP contribution in [0.25, 0.3) is 0 Å². The van der Waals surface area contributed by atoms with Crippen molar-refractivity contribution in [2.75, 3.05) is 39.5 Å². The maximum absolute atomic E-state index is 12.7. The fraction of sp³-hybridized carbons (Fsp3) is 0.955. The van der Waals surface area contributed by atoms with Gasteiger partial charge in [0.05, 0.1) is 19.8 Å². The first kappa shape index (κ1) is 47.7. The molecule has 0 amide bonds. The predicted molar refractivity (Wildman–Crippen MR) is 213 cm³/mol. The first-order valence-corrected chi connectivity index (χ1v) is 22.3. The molecule has 0 spiro atoms. The molecule has 7 heteroatoms. The lowest BCUT2D eigenvalue weighted by Gasteiger charge is -2.34. The number of nitrogens with zero attached hydrogens (tertiary/aromatic N) is 1. The molecule has 0 aromatic rings. The largest absolute Gasteiger partial charge is 0.508 e. The first-order valence-electron chi connectivity index (χ1n) is 22.3. The van der Waals surface area contributed by atoms with Crippen molar-refractivity contribution < 1.29 is 28.9 Å². The minimum absolute atomic E-state index is 0.00705. The topological polar surface area (TPSA) is 85.3 Å². The van der Waals surface area contributed by atoms with E-state index >= 15 is 0 Å². The Kier molecular flexibility index (Phi) is 33.4. The van der Waals surface area contributed by atoms with Crippen LogP contribution in [0, 0.1) is 11.8 Å². The number of rotatable bonds is 38. The van der Waals surface area contributed by atoms with E-state index in [0.29, 0.717) is 25.6 Å². The lowest BCUT2D eigenvalue weighted by Crippen LogP contribution is -2.29. The van der Waals surface area contributed by atoms with Crippen LogP contribution in [0.15, 0.2) is 0 Å². The summed E-state index contributed by atoms with van der Waals surface area (Å²) in [6, 6.07) is 0. The Morgan fingerprint density at radius 1 is 0.588 bits per heavy atom. The predicted octanol–water partition coefficient (Wildman–Crippen LogP) is 12.4. The van der Waals surface area contributed by atoms with E-state index in [4.69, 9.17) is 14.2 Å². The van der Waals surface area contributed by atoms with Gasteiger partial charge in [-0.2, -0.15) is 0 Å². The highest BCUT2D eigenvalue weighted by atomic mass is 16.7. The van der Waals surface area contributed by atoms with Crippen LogP contribution in [-0.4, -0.2) is 67.7 Å². The Morgan fingerprint density at radius 3 is 1.69 bits per heavy atom. The quantitative estimate of drug-likeness (QED) is 0.0501. The first-order chi connectivity index (χ1) is 25.0. The van der Waals surface area contributed by atoms with Crippen LogP contribution in [0.1, 0.15) is 213 Å². The Bertz CT molecular complexity index is 757. The van der Waals surface area contributed by atoms with Crippen molar-refractivity contribution in [2.45, 2.75) is 219 Å². The van der Waals surface area contributed by atoms with Crippen LogP contribution in [-0.2, 0) is 19.0 Å². The number of unbranched alkanes of at least 4 members (excludes halogenated alkanes) is 19. The third-order valence-electron chi connectivity index (χ3n) is 10.9. The van der Waals surface area contributed by atoms with Gasteiger partial charge < -0.3 is 24.2 Å². The molecule has 0 aromatic carbocycles. The second-order valence-corrected chi connectivity index (χ2v) is 15.8. The number of carbonyl (C=O) groups excluding carboxylic acids is 2. The summed E-state index contributed by atoms with van der Waals surface area (Å²) in [6.07, 6.45) is 34.7. The number of ether oxygens (including phenoxy) is 3. The van der Waals surface area contributed by atoms with Crippen LogP contribution in [0.5, 0.6) is 0 Å². The second-order valence-electron chi connectivity index (χ2n) is 15.8. The van der Waals surface area contributed by atoms with E-state index in [1.807, 2.05) is 0 Å². The van der Waals surface area contributed by atoms with E-state index < -0.39 is 6.16 Å². The molecule has 0 unspecified atom stereocenters. The van der Waals surface area contributed by atoms with Gasteiger partial charge in [0.1, 0.15) is 6.10 Å². The molecular weight excluding hydrogens is 638 g/mol. The summed E-state index contributed by atoms with van der Waals surface area (Å²) < 4.78 is 16.6. The zero-order chi connectivity index (χ0) is 37.0. The molecule has 1 aliphatic carbocycles. The van der Waals surface area contributed by atoms with Crippen molar-refractivity contribution in [3.05, 3.63) is 0 Å². The van der Waals surface area contributed by atoms with Crippen molar-refractivity contribution in [2.24, 2.45) is 11.8 Å². The normalized spacial score (nSPS) is 15.7. The summed E-state index contributed by atoms with van der Waals surface area (Å²) in [5.41, 5.74) is 0. The van der Waals surface area contributed by atoms with Crippen LogP contribution >= 0.6 is 0 Å². The molecule has 51 heavy (non-hydrogen) atoms. The molecule has 0 atom stereocenters. The van der Waals surface area contributed by atoms with E-state index in [1.54, 1.807) is 0 Å². The maximum atomic E-state index is 12.7. The lowest BCUT2D eigenvalue weighted by atomic mass is 9.73. The van der Waals surface area contributed by atoms with Crippen LogP contribution in [0.2, 0.25) is 0 Å². The maximum Gasteiger partial charge on any atom is 0.508 e.